The fourth-order valence-electron chi connectivity index (χ4n) is 1.99. The maximum absolute atomic E-state index is 14.1. The number of benzene rings is 1. The summed E-state index contributed by atoms with van der Waals surface area (Å²) >= 11 is 0. The Bertz CT molecular complexity index is 767. The summed E-state index contributed by atoms with van der Waals surface area (Å²) < 4.78 is 41.2. The van der Waals surface area contributed by atoms with Gasteiger partial charge in [-0.25, -0.2) is 18.2 Å². The molecule has 0 unspecified atom stereocenters. The molecule has 0 saturated carbocycles. The zero-order valence-corrected chi connectivity index (χ0v) is 13.1. The molecule has 24 heavy (non-hydrogen) atoms. The molecule has 0 atom stereocenters. The van der Waals surface area contributed by atoms with Gasteiger partial charge in [-0.1, -0.05) is 11.2 Å². The molecular formula is C16H16F3N3O2. The summed E-state index contributed by atoms with van der Waals surface area (Å²) in [4.78, 5) is 8.79. The van der Waals surface area contributed by atoms with E-state index in [0.29, 0.717) is 11.4 Å². The number of pyridine rings is 1. The maximum Gasteiger partial charge on any atom is 0.196 e. The largest absolute Gasteiger partial charge is 0.393 e. The summed E-state index contributed by atoms with van der Waals surface area (Å²) in [5.74, 6) is -4.04. The highest BCUT2D eigenvalue weighted by Crippen LogP contribution is 2.28. The Labute approximate surface area is 136 Å². The Kier molecular flexibility index (Phi) is 5.75. The molecular weight excluding hydrogens is 323 g/mol. The number of aromatic nitrogens is 1. The molecule has 128 valence electrons. The molecule has 1 aromatic heterocycles. The topological polar surface area (TPSA) is 66.7 Å². The van der Waals surface area contributed by atoms with Gasteiger partial charge in [0.2, 0.25) is 0 Å². The van der Waals surface area contributed by atoms with Crippen molar-refractivity contribution in [1.82, 2.24) is 4.98 Å². The minimum Gasteiger partial charge on any atom is -0.393 e. The normalized spacial score (nSPS) is 11.1. The van der Waals surface area contributed by atoms with Crippen molar-refractivity contribution in [2.45, 2.75) is 13.8 Å². The minimum absolute atomic E-state index is 0.0638. The highest BCUT2D eigenvalue weighted by Gasteiger charge is 2.19. The smallest absolute Gasteiger partial charge is 0.196 e. The van der Waals surface area contributed by atoms with E-state index in [2.05, 4.69) is 20.3 Å². The number of nitrogens with zero attached hydrogens (tertiary/aromatic N) is 2. The molecule has 0 radical (unpaired) electrons. The lowest BCUT2D eigenvalue weighted by Gasteiger charge is -2.13. The second kappa shape index (κ2) is 7.78. The zero-order valence-electron chi connectivity index (χ0n) is 13.1. The first-order chi connectivity index (χ1) is 11.4. The molecule has 0 amide bonds. The van der Waals surface area contributed by atoms with Crippen molar-refractivity contribution >= 4 is 17.7 Å². The van der Waals surface area contributed by atoms with Gasteiger partial charge in [-0.3, -0.25) is 0 Å². The first kappa shape index (κ1) is 17.7. The van der Waals surface area contributed by atoms with Crippen molar-refractivity contribution in [3.63, 3.8) is 0 Å². The number of nitrogens with one attached hydrogen (secondary N) is 1. The predicted molar refractivity (Wildman–Crippen MR) is 83.9 cm³/mol. The van der Waals surface area contributed by atoms with Crippen LogP contribution in [-0.2, 0) is 4.84 Å². The fourth-order valence-corrected chi connectivity index (χ4v) is 1.99. The second-order valence-corrected chi connectivity index (χ2v) is 5.05. The van der Waals surface area contributed by atoms with Crippen LogP contribution in [0.2, 0.25) is 0 Å². The van der Waals surface area contributed by atoms with E-state index in [9.17, 15) is 13.2 Å². The van der Waals surface area contributed by atoms with Crippen LogP contribution in [0.1, 0.15) is 16.7 Å². The lowest BCUT2D eigenvalue weighted by atomic mass is 10.1. The number of halogens is 3. The van der Waals surface area contributed by atoms with Crippen LogP contribution in [0, 0.1) is 31.3 Å². The minimum atomic E-state index is -1.60. The quantitative estimate of drug-likeness (QED) is 0.367. The summed E-state index contributed by atoms with van der Waals surface area (Å²) in [6, 6.07) is 2.60. The molecule has 0 aliphatic heterocycles. The standard InChI is InChI=1S/C16H16F3N3O2/c1-9-5-10(2)16(20-7-9)22-15-11(8-21-24-4-3-23)6-12(17)13(18)14(15)19/h5-8,23H,3-4H2,1-2H3,(H,20,22)/b21-8+. The summed E-state index contributed by atoms with van der Waals surface area (Å²) in [5, 5.41) is 14.7. The highest BCUT2D eigenvalue weighted by molar-refractivity contribution is 5.89. The predicted octanol–water partition coefficient (Wildman–Crippen LogP) is 3.20. The van der Waals surface area contributed by atoms with Gasteiger partial charge in [-0.05, 0) is 31.0 Å². The molecule has 0 aliphatic rings. The van der Waals surface area contributed by atoms with Gasteiger partial charge >= 0.3 is 0 Å². The van der Waals surface area contributed by atoms with Crippen LogP contribution >= 0.6 is 0 Å². The van der Waals surface area contributed by atoms with Gasteiger partial charge in [-0.2, -0.15) is 0 Å². The molecule has 1 aromatic carbocycles. The fraction of sp³-hybridized carbons (Fsp3) is 0.250. The number of anilines is 2. The van der Waals surface area contributed by atoms with Gasteiger partial charge in [0.05, 0.1) is 18.5 Å². The third-order valence-corrected chi connectivity index (χ3v) is 3.10. The van der Waals surface area contributed by atoms with E-state index < -0.39 is 17.5 Å². The Morgan fingerprint density at radius 2 is 2.00 bits per heavy atom. The molecule has 0 saturated heterocycles. The Hall–Kier alpha value is -2.61. The van der Waals surface area contributed by atoms with Gasteiger partial charge < -0.3 is 15.3 Å². The van der Waals surface area contributed by atoms with E-state index in [1.54, 1.807) is 13.1 Å². The molecule has 8 heteroatoms. The SMILES string of the molecule is Cc1cnc(Nc2c(/C=N/OCCO)cc(F)c(F)c2F)c(C)c1. The maximum atomic E-state index is 14.1. The molecule has 0 aliphatic carbocycles. The van der Waals surface area contributed by atoms with E-state index in [1.165, 1.54) is 0 Å². The van der Waals surface area contributed by atoms with Gasteiger partial charge in [0, 0.05) is 11.8 Å². The first-order valence-corrected chi connectivity index (χ1v) is 7.08. The molecule has 2 N–H and O–H groups in total. The van der Waals surface area contributed by atoms with Crippen LogP contribution < -0.4 is 5.32 Å². The summed E-state index contributed by atoms with van der Waals surface area (Å²) in [5.41, 5.74) is 1.23. The van der Waals surface area contributed by atoms with Crippen LogP contribution in [0.4, 0.5) is 24.7 Å². The van der Waals surface area contributed by atoms with Crippen molar-refractivity contribution in [2.75, 3.05) is 18.5 Å². The number of rotatable bonds is 6. The van der Waals surface area contributed by atoms with Crippen LogP contribution in [0.5, 0.6) is 0 Å². The molecule has 2 aromatic rings. The van der Waals surface area contributed by atoms with Crippen LogP contribution in [-0.4, -0.2) is 29.5 Å². The number of oxime groups is 1. The summed E-state index contributed by atoms with van der Waals surface area (Å²) in [7, 11) is 0. The number of aliphatic hydroxyl groups excluding tert-OH is 1. The Balaban J connectivity index is 2.42. The van der Waals surface area contributed by atoms with E-state index in [0.717, 1.165) is 17.8 Å². The van der Waals surface area contributed by atoms with Gasteiger partial charge in [-0.15, -0.1) is 0 Å². The number of aliphatic hydroxyl groups is 1. The molecule has 1 heterocycles. The van der Waals surface area contributed by atoms with Crippen molar-refractivity contribution in [2.24, 2.45) is 5.16 Å². The number of hydrogen-bond donors (Lipinski definition) is 2. The van der Waals surface area contributed by atoms with E-state index in [1.807, 2.05) is 13.0 Å². The highest BCUT2D eigenvalue weighted by atomic mass is 19.2. The van der Waals surface area contributed by atoms with Gasteiger partial charge in [0.25, 0.3) is 0 Å². The monoisotopic (exact) mass is 339 g/mol. The van der Waals surface area contributed by atoms with Crippen molar-refractivity contribution in [1.29, 1.82) is 0 Å². The van der Waals surface area contributed by atoms with Crippen molar-refractivity contribution in [3.8, 4) is 0 Å². The Morgan fingerprint density at radius 1 is 1.25 bits per heavy atom. The zero-order chi connectivity index (χ0) is 17.7. The van der Waals surface area contributed by atoms with Crippen molar-refractivity contribution < 1.29 is 23.1 Å². The Morgan fingerprint density at radius 3 is 2.67 bits per heavy atom. The van der Waals surface area contributed by atoms with Crippen LogP contribution in [0.15, 0.2) is 23.5 Å². The molecule has 2 rings (SSSR count). The van der Waals surface area contributed by atoms with Crippen molar-refractivity contribution in [3.05, 3.63) is 52.5 Å². The lowest BCUT2D eigenvalue weighted by Crippen LogP contribution is -2.06. The van der Waals surface area contributed by atoms with E-state index in [-0.39, 0.29) is 24.5 Å². The molecule has 0 bridgehead atoms. The number of aryl methyl sites for hydroxylation is 2. The van der Waals surface area contributed by atoms with Crippen LogP contribution in [0.25, 0.3) is 0 Å². The van der Waals surface area contributed by atoms with E-state index in [4.69, 9.17) is 5.11 Å². The third-order valence-electron chi connectivity index (χ3n) is 3.10. The average molecular weight is 339 g/mol. The molecule has 0 fully saturated rings. The summed E-state index contributed by atoms with van der Waals surface area (Å²) in [6.07, 6.45) is 2.58. The molecule has 5 nitrogen and oxygen atoms in total. The van der Waals surface area contributed by atoms with Crippen LogP contribution in [0.3, 0.4) is 0 Å². The van der Waals surface area contributed by atoms with Gasteiger partial charge in [0.1, 0.15) is 12.4 Å². The second-order valence-electron chi connectivity index (χ2n) is 5.05. The number of hydrogen-bond acceptors (Lipinski definition) is 5. The first-order valence-electron chi connectivity index (χ1n) is 7.08. The molecule has 0 spiro atoms. The summed E-state index contributed by atoms with van der Waals surface area (Å²) in [6.45, 7) is 3.25. The van der Waals surface area contributed by atoms with E-state index >= 15 is 0 Å². The van der Waals surface area contributed by atoms with Gasteiger partial charge in [0.15, 0.2) is 17.5 Å². The average Bonchev–Trinajstić information content (AvgIpc) is 2.54. The lowest BCUT2D eigenvalue weighted by molar-refractivity contribution is 0.0997. The third kappa shape index (κ3) is 4.02.